The van der Waals surface area contributed by atoms with E-state index in [4.69, 9.17) is 14.2 Å². The second-order valence-electron chi connectivity index (χ2n) is 7.32. The molecule has 0 aromatic heterocycles. The van der Waals surface area contributed by atoms with Gasteiger partial charge < -0.3 is 19.5 Å². The Morgan fingerprint density at radius 1 is 1.03 bits per heavy atom. The van der Waals surface area contributed by atoms with Crippen LogP contribution in [0.5, 0.6) is 17.2 Å². The van der Waals surface area contributed by atoms with E-state index in [0.717, 1.165) is 16.5 Å². The van der Waals surface area contributed by atoms with Crippen molar-refractivity contribution in [1.82, 2.24) is 0 Å². The van der Waals surface area contributed by atoms with Gasteiger partial charge in [0.05, 0.1) is 13.7 Å². The highest BCUT2D eigenvalue weighted by molar-refractivity contribution is 9.10. The molecule has 0 unspecified atom stereocenters. The highest BCUT2D eigenvalue weighted by atomic mass is 79.9. The lowest BCUT2D eigenvalue weighted by molar-refractivity contribution is -0.112. The first-order valence-electron chi connectivity index (χ1n) is 10.7. The molecule has 0 radical (unpaired) electrons. The third-order valence-electron chi connectivity index (χ3n) is 4.78. The van der Waals surface area contributed by atoms with Gasteiger partial charge in [0.15, 0.2) is 0 Å². The van der Waals surface area contributed by atoms with Crippen LogP contribution in [0.3, 0.4) is 0 Å². The van der Waals surface area contributed by atoms with Crippen LogP contribution < -0.4 is 19.5 Å². The number of ether oxygens (including phenoxy) is 3. The third-order valence-corrected chi connectivity index (χ3v) is 5.31. The minimum atomic E-state index is -0.511. The van der Waals surface area contributed by atoms with E-state index >= 15 is 0 Å². The Bertz CT molecular complexity index is 1180. The zero-order valence-electron chi connectivity index (χ0n) is 19.0. The summed E-state index contributed by atoms with van der Waals surface area (Å²) in [6.07, 6.45) is 2.34. The van der Waals surface area contributed by atoms with Gasteiger partial charge in [0, 0.05) is 21.8 Å². The number of nitrogens with zero attached hydrogens (tertiary/aromatic N) is 1. The summed E-state index contributed by atoms with van der Waals surface area (Å²) < 4.78 is 17.8. The van der Waals surface area contributed by atoms with Gasteiger partial charge in [-0.15, -0.1) is 0 Å². The summed E-state index contributed by atoms with van der Waals surface area (Å²) in [5.74, 6) is 1.35. The first kappa shape index (κ1) is 24.9. The molecule has 0 atom stereocenters. The maximum Gasteiger partial charge on any atom is 0.266 e. The van der Waals surface area contributed by atoms with Gasteiger partial charge in [-0.25, -0.2) is 0 Å². The number of hydrogen-bond acceptors (Lipinski definition) is 5. The lowest BCUT2D eigenvalue weighted by atomic mass is 10.1. The van der Waals surface area contributed by atoms with Crippen molar-refractivity contribution in [3.05, 3.63) is 87.9 Å². The van der Waals surface area contributed by atoms with E-state index in [1.165, 1.54) is 6.08 Å². The smallest absolute Gasteiger partial charge is 0.266 e. The SMILES string of the molecule is CCCOc1cc(OC)ccc1/C=C(\C#N)C(=O)Nc1ccc(OCc2ccc(Br)cc2)cc1. The van der Waals surface area contributed by atoms with E-state index in [0.29, 0.717) is 41.7 Å². The van der Waals surface area contributed by atoms with Gasteiger partial charge >= 0.3 is 0 Å². The fourth-order valence-electron chi connectivity index (χ4n) is 2.98. The van der Waals surface area contributed by atoms with Gasteiger partial charge in [-0.2, -0.15) is 5.26 Å². The summed E-state index contributed by atoms with van der Waals surface area (Å²) in [7, 11) is 1.57. The standard InChI is InChI=1S/C27H25BrN2O4/c1-3-14-33-26-16-25(32-2)11-6-20(26)15-21(17-29)27(31)30-23-9-12-24(13-10-23)34-18-19-4-7-22(28)8-5-19/h4-13,15-16H,3,14,18H2,1-2H3,(H,30,31)/b21-15+. The lowest BCUT2D eigenvalue weighted by Crippen LogP contribution is -2.13. The van der Waals surface area contributed by atoms with Gasteiger partial charge in [-0.1, -0.05) is 35.0 Å². The Morgan fingerprint density at radius 3 is 2.38 bits per heavy atom. The molecule has 0 saturated heterocycles. The van der Waals surface area contributed by atoms with Crippen LogP contribution in [0.1, 0.15) is 24.5 Å². The predicted octanol–water partition coefficient (Wildman–Crippen LogP) is 6.37. The molecule has 0 fully saturated rings. The predicted molar refractivity (Wildman–Crippen MR) is 136 cm³/mol. The topological polar surface area (TPSA) is 80.6 Å². The molecule has 0 heterocycles. The Kier molecular flexibility index (Phi) is 9.12. The monoisotopic (exact) mass is 520 g/mol. The van der Waals surface area contributed by atoms with Crippen LogP contribution in [-0.2, 0) is 11.4 Å². The number of nitrogens with one attached hydrogen (secondary N) is 1. The number of halogens is 1. The quantitative estimate of drug-likeness (QED) is 0.248. The van der Waals surface area contributed by atoms with Crippen LogP contribution in [-0.4, -0.2) is 19.6 Å². The van der Waals surface area contributed by atoms with Gasteiger partial charge in [0.1, 0.15) is 35.5 Å². The molecule has 3 aromatic rings. The number of benzene rings is 3. The fraction of sp³-hybridized carbons (Fsp3) is 0.185. The Morgan fingerprint density at radius 2 is 1.74 bits per heavy atom. The molecule has 0 spiro atoms. The average molecular weight is 521 g/mol. The summed E-state index contributed by atoms with van der Waals surface area (Å²) in [4.78, 5) is 12.7. The van der Waals surface area contributed by atoms with E-state index in [1.54, 1.807) is 49.6 Å². The van der Waals surface area contributed by atoms with Crippen molar-refractivity contribution >= 4 is 33.6 Å². The second kappa shape index (κ2) is 12.5. The van der Waals surface area contributed by atoms with Crippen molar-refractivity contribution in [1.29, 1.82) is 5.26 Å². The number of methoxy groups -OCH3 is 1. The molecule has 0 bridgehead atoms. The minimum Gasteiger partial charge on any atom is -0.497 e. The number of amides is 1. The molecule has 6 nitrogen and oxygen atoms in total. The maximum absolute atomic E-state index is 12.7. The summed E-state index contributed by atoms with van der Waals surface area (Å²) in [6.45, 7) is 2.95. The summed E-state index contributed by atoms with van der Waals surface area (Å²) >= 11 is 3.41. The summed E-state index contributed by atoms with van der Waals surface area (Å²) in [6, 6.07) is 22.1. The summed E-state index contributed by atoms with van der Waals surface area (Å²) in [5.41, 5.74) is 2.18. The number of carbonyl (C=O) groups excluding carboxylic acids is 1. The van der Waals surface area contributed by atoms with Crippen LogP contribution in [0.25, 0.3) is 6.08 Å². The van der Waals surface area contributed by atoms with E-state index in [9.17, 15) is 10.1 Å². The molecule has 0 aliphatic rings. The number of anilines is 1. The van der Waals surface area contributed by atoms with Crippen molar-refractivity contribution < 1.29 is 19.0 Å². The number of carbonyl (C=O) groups is 1. The van der Waals surface area contributed by atoms with E-state index in [1.807, 2.05) is 37.3 Å². The molecule has 3 rings (SSSR count). The zero-order valence-corrected chi connectivity index (χ0v) is 20.6. The van der Waals surface area contributed by atoms with Crippen LogP contribution >= 0.6 is 15.9 Å². The van der Waals surface area contributed by atoms with Crippen molar-refractivity contribution in [3.8, 4) is 23.3 Å². The largest absolute Gasteiger partial charge is 0.497 e. The highest BCUT2D eigenvalue weighted by Crippen LogP contribution is 2.27. The molecule has 34 heavy (non-hydrogen) atoms. The number of nitriles is 1. The first-order valence-corrected chi connectivity index (χ1v) is 11.5. The normalized spacial score (nSPS) is 10.8. The highest BCUT2D eigenvalue weighted by Gasteiger charge is 2.12. The Labute approximate surface area is 207 Å². The molecular weight excluding hydrogens is 496 g/mol. The van der Waals surface area contributed by atoms with Gasteiger partial charge in [0.2, 0.25) is 0 Å². The molecule has 0 aliphatic heterocycles. The Hall–Kier alpha value is -3.76. The lowest BCUT2D eigenvalue weighted by Gasteiger charge is -2.11. The van der Waals surface area contributed by atoms with Gasteiger partial charge in [0.25, 0.3) is 5.91 Å². The van der Waals surface area contributed by atoms with Crippen molar-refractivity contribution in [2.24, 2.45) is 0 Å². The van der Waals surface area contributed by atoms with Crippen molar-refractivity contribution in [3.63, 3.8) is 0 Å². The van der Waals surface area contributed by atoms with Gasteiger partial charge in [-0.05, 0) is 66.6 Å². The Balaban J connectivity index is 1.67. The van der Waals surface area contributed by atoms with E-state index in [-0.39, 0.29) is 5.57 Å². The summed E-state index contributed by atoms with van der Waals surface area (Å²) in [5, 5.41) is 12.3. The molecule has 3 aromatic carbocycles. The van der Waals surface area contributed by atoms with Crippen LogP contribution in [0.15, 0.2) is 76.8 Å². The van der Waals surface area contributed by atoms with Crippen molar-refractivity contribution in [2.45, 2.75) is 20.0 Å². The number of hydrogen-bond donors (Lipinski definition) is 1. The average Bonchev–Trinajstić information content (AvgIpc) is 2.86. The molecular formula is C27H25BrN2O4. The van der Waals surface area contributed by atoms with E-state index in [2.05, 4.69) is 21.2 Å². The molecule has 1 amide bonds. The zero-order chi connectivity index (χ0) is 24.3. The minimum absolute atomic E-state index is 0.0397. The molecule has 0 aliphatic carbocycles. The molecule has 1 N–H and O–H groups in total. The van der Waals surface area contributed by atoms with Crippen LogP contribution in [0.2, 0.25) is 0 Å². The maximum atomic E-state index is 12.7. The first-order chi connectivity index (χ1) is 16.5. The fourth-order valence-corrected chi connectivity index (χ4v) is 3.25. The molecule has 174 valence electrons. The van der Waals surface area contributed by atoms with E-state index < -0.39 is 5.91 Å². The number of rotatable bonds is 10. The van der Waals surface area contributed by atoms with Gasteiger partial charge in [-0.3, -0.25) is 4.79 Å². The van der Waals surface area contributed by atoms with Crippen LogP contribution in [0.4, 0.5) is 5.69 Å². The second-order valence-corrected chi connectivity index (χ2v) is 8.23. The van der Waals surface area contributed by atoms with Crippen molar-refractivity contribution in [2.75, 3.05) is 19.0 Å². The molecule has 0 saturated carbocycles. The third kappa shape index (κ3) is 7.12. The van der Waals surface area contributed by atoms with Crippen LogP contribution in [0, 0.1) is 11.3 Å². The molecule has 7 heteroatoms.